The molecule has 0 aromatic heterocycles. The van der Waals surface area contributed by atoms with Crippen molar-refractivity contribution in [3.63, 3.8) is 0 Å². The lowest BCUT2D eigenvalue weighted by Crippen LogP contribution is -2.45. The molecule has 2 aromatic rings. The van der Waals surface area contributed by atoms with Gasteiger partial charge in [-0.3, -0.25) is 4.90 Å². The van der Waals surface area contributed by atoms with Gasteiger partial charge in [0.15, 0.2) is 0 Å². The first kappa shape index (κ1) is 25.6. The Labute approximate surface area is 182 Å². The second-order valence-electron chi connectivity index (χ2n) is 6.92. The van der Waals surface area contributed by atoms with Crippen LogP contribution in [0.2, 0.25) is 0 Å². The van der Waals surface area contributed by atoms with Gasteiger partial charge in [0.1, 0.15) is 0 Å². The molecule has 1 heterocycles. The fourth-order valence-corrected chi connectivity index (χ4v) is 3.48. The maximum atomic E-state index is 12.8. The van der Waals surface area contributed by atoms with Crippen molar-refractivity contribution in [3.05, 3.63) is 65.7 Å². The van der Waals surface area contributed by atoms with Crippen LogP contribution < -0.4 is 10.6 Å². The maximum absolute atomic E-state index is 12.8. The van der Waals surface area contributed by atoms with Gasteiger partial charge in [0.25, 0.3) is 0 Å². The van der Waals surface area contributed by atoms with Gasteiger partial charge in [0.05, 0.1) is 0 Å². The second kappa shape index (κ2) is 12.3. The molecule has 162 valence electrons. The molecule has 0 spiro atoms. The summed E-state index contributed by atoms with van der Waals surface area (Å²) < 4.78 is 38.4. The normalized spacial score (nSPS) is 15.7. The van der Waals surface area contributed by atoms with Crippen LogP contribution in [0.3, 0.4) is 0 Å². The Bertz CT molecular complexity index is 691. The molecular weight excluding hydrogens is 422 g/mol. The largest absolute Gasteiger partial charge is 0.389 e. The predicted octanol–water partition coefficient (Wildman–Crippen LogP) is 5.43. The molecule has 2 aromatic carbocycles. The number of rotatable bonds is 7. The minimum atomic E-state index is -4.12. The molecule has 8 heteroatoms. The Morgan fingerprint density at radius 2 is 1.55 bits per heavy atom. The highest BCUT2D eigenvalue weighted by Crippen LogP contribution is 2.32. The van der Waals surface area contributed by atoms with Crippen molar-refractivity contribution in [2.75, 3.05) is 31.5 Å². The molecule has 0 bridgehead atoms. The lowest BCUT2D eigenvalue weighted by Gasteiger charge is -2.35. The average Bonchev–Trinajstić information content (AvgIpc) is 2.68. The van der Waals surface area contributed by atoms with Gasteiger partial charge in [-0.05, 0) is 29.7 Å². The van der Waals surface area contributed by atoms with Crippen LogP contribution in [0.5, 0.6) is 0 Å². The van der Waals surface area contributed by atoms with Crippen molar-refractivity contribution in [3.8, 4) is 0 Å². The van der Waals surface area contributed by atoms with Crippen LogP contribution in [0, 0.1) is 0 Å². The monoisotopic (exact) mass is 449 g/mol. The lowest BCUT2D eigenvalue weighted by molar-refractivity contribution is -0.138. The zero-order valence-corrected chi connectivity index (χ0v) is 17.8. The van der Waals surface area contributed by atoms with E-state index in [2.05, 4.69) is 27.7 Å². The van der Waals surface area contributed by atoms with E-state index in [-0.39, 0.29) is 37.3 Å². The van der Waals surface area contributed by atoms with Gasteiger partial charge >= 0.3 is 6.18 Å². The van der Waals surface area contributed by atoms with Crippen LogP contribution in [-0.4, -0.2) is 37.3 Å². The molecule has 1 aliphatic heterocycles. The summed E-state index contributed by atoms with van der Waals surface area (Å²) in [6, 6.07) is 17.7. The van der Waals surface area contributed by atoms with Crippen LogP contribution in [0.15, 0.2) is 54.6 Å². The standard InChI is InChI=1S/C21H26F3N3.2ClH/c22-21(23,24)11-10-20(27-14-12-25-13-15-27)18-6-8-19(9-7-18)26-16-17-4-2-1-3-5-17;;/h1-9,20,25-26H,10-16H2;2*1H/t20-;;/m0../s1. The van der Waals surface area contributed by atoms with Crippen molar-refractivity contribution in [1.29, 1.82) is 0 Å². The first-order valence-electron chi connectivity index (χ1n) is 9.40. The number of nitrogens with zero attached hydrogens (tertiary/aromatic N) is 1. The summed E-state index contributed by atoms with van der Waals surface area (Å²) in [5, 5.41) is 6.62. The summed E-state index contributed by atoms with van der Waals surface area (Å²) in [6.07, 6.45) is -4.78. The molecule has 3 nitrogen and oxygen atoms in total. The van der Waals surface area contributed by atoms with Gasteiger partial charge in [-0.25, -0.2) is 0 Å². The van der Waals surface area contributed by atoms with E-state index in [0.717, 1.165) is 44.0 Å². The Balaban J connectivity index is 0.00000210. The van der Waals surface area contributed by atoms with Gasteiger partial charge in [-0.1, -0.05) is 42.5 Å². The van der Waals surface area contributed by atoms with Crippen molar-refractivity contribution in [2.45, 2.75) is 31.6 Å². The summed E-state index contributed by atoms with van der Waals surface area (Å²) in [5.74, 6) is 0. The maximum Gasteiger partial charge on any atom is 0.389 e. The Hall–Kier alpha value is -1.47. The Morgan fingerprint density at radius 3 is 2.14 bits per heavy atom. The zero-order valence-electron chi connectivity index (χ0n) is 16.1. The molecule has 1 atom stereocenters. The zero-order chi connectivity index (χ0) is 19.1. The van der Waals surface area contributed by atoms with Gasteiger partial charge < -0.3 is 10.6 Å². The van der Waals surface area contributed by atoms with Crippen molar-refractivity contribution in [2.24, 2.45) is 0 Å². The van der Waals surface area contributed by atoms with Gasteiger partial charge in [-0.2, -0.15) is 13.2 Å². The van der Waals surface area contributed by atoms with Crippen LogP contribution in [0.4, 0.5) is 18.9 Å². The van der Waals surface area contributed by atoms with E-state index in [4.69, 9.17) is 0 Å². The van der Waals surface area contributed by atoms with E-state index in [0.29, 0.717) is 0 Å². The minimum Gasteiger partial charge on any atom is -0.381 e. The number of nitrogens with one attached hydrogen (secondary N) is 2. The molecule has 3 rings (SSSR count). The highest BCUT2D eigenvalue weighted by atomic mass is 35.5. The highest BCUT2D eigenvalue weighted by Gasteiger charge is 2.31. The van der Waals surface area contributed by atoms with E-state index in [1.165, 1.54) is 5.56 Å². The van der Waals surface area contributed by atoms with Gasteiger partial charge in [0, 0.05) is 50.9 Å². The summed E-state index contributed by atoms with van der Waals surface area (Å²) in [4.78, 5) is 2.16. The number of alkyl halides is 3. The molecule has 29 heavy (non-hydrogen) atoms. The molecular formula is C21H28Cl2F3N3. The van der Waals surface area contributed by atoms with Gasteiger partial charge in [-0.15, -0.1) is 24.8 Å². The van der Waals surface area contributed by atoms with Crippen molar-refractivity contribution in [1.82, 2.24) is 10.2 Å². The predicted molar refractivity (Wildman–Crippen MR) is 117 cm³/mol. The van der Waals surface area contributed by atoms with Crippen molar-refractivity contribution >= 4 is 30.5 Å². The summed E-state index contributed by atoms with van der Waals surface area (Å²) in [7, 11) is 0. The Morgan fingerprint density at radius 1 is 0.931 bits per heavy atom. The fraction of sp³-hybridized carbons (Fsp3) is 0.429. The lowest BCUT2D eigenvalue weighted by atomic mass is 9.99. The minimum absolute atomic E-state index is 0. The van der Waals surface area contributed by atoms with Crippen LogP contribution in [0.25, 0.3) is 0 Å². The molecule has 2 N–H and O–H groups in total. The average molecular weight is 450 g/mol. The SMILES string of the molecule is Cl.Cl.FC(F)(F)CC[C@@H](c1ccc(NCc2ccccc2)cc1)N1CCNCC1. The third-order valence-corrected chi connectivity index (χ3v) is 4.93. The van der Waals surface area contributed by atoms with Crippen LogP contribution in [-0.2, 0) is 6.54 Å². The molecule has 0 amide bonds. The molecule has 0 aliphatic carbocycles. The number of halogens is 5. The Kier molecular flexibility index (Phi) is 10.8. The number of hydrogen-bond acceptors (Lipinski definition) is 3. The number of hydrogen-bond donors (Lipinski definition) is 2. The third kappa shape index (κ3) is 8.42. The molecule has 1 fully saturated rings. The molecule has 1 saturated heterocycles. The first-order chi connectivity index (χ1) is 13.0. The van der Waals surface area contributed by atoms with E-state index < -0.39 is 12.6 Å². The van der Waals surface area contributed by atoms with Crippen LogP contribution >= 0.6 is 24.8 Å². The summed E-state index contributed by atoms with van der Waals surface area (Å²) in [6.45, 7) is 3.90. The van der Waals surface area contributed by atoms with E-state index in [1.807, 2.05) is 42.5 Å². The molecule has 0 unspecified atom stereocenters. The third-order valence-electron chi connectivity index (χ3n) is 4.93. The number of anilines is 1. The van der Waals surface area contributed by atoms with Gasteiger partial charge in [0.2, 0.25) is 0 Å². The summed E-state index contributed by atoms with van der Waals surface area (Å²) in [5.41, 5.74) is 3.11. The van der Waals surface area contributed by atoms with Crippen LogP contribution in [0.1, 0.15) is 30.0 Å². The quantitative estimate of drug-likeness (QED) is 0.589. The first-order valence-corrected chi connectivity index (χ1v) is 9.40. The molecule has 1 aliphatic rings. The highest BCUT2D eigenvalue weighted by molar-refractivity contribution is 5.85. The topological polar surface area (TPSA) is 27.3 Å². The number of benzene rings is 2. The molecule has 0 saturated carbocycles. The number of piperazine rings is 1. The van der Waals surface area contributed by atoms with E-state index in [1.54, 1.807) is 0 Å². The summed E-state index contributed by atoms with van der Waals surface area (Å²) >= 11 is 0. The van der Waals surface area contributed by atoms with E-state index >= 15 is 0 Å². The van der Waals surface area contributed by atoms with Crippen molar-refractivity contribution < 1.29 is 13.2 Å². The second-order valence-corrected chi connectivity index (χ2v) is 6.92. The smallest absolute Gasteiger partial charge is 0.381 e. The fourth-order valence-electron chi connectivity index (χ4n) is 3.48. The van der Waals surface area contributed by atoms with E-state index in [9.17, 15) is 13.2 Å². The molecule has 0 radical (unpaired) electrons.